The Labute approximate surface area is 92.9 Å². The Morgan fingerprint density at radius 2 is 1.87 bits per heavy atom. The molecule has 0 unspecified atom stereocenters. The van der Waals surface area contributed by atoms with E-state index in [2.05, 4.69) is 42.6 Å². The van der Waals surface area contributed by atoms with Crippen molar-refractivity contribution >= 4 is 0 Å². The van der Waals surface area contributed by atoms with Gasteiger partial charge in [0.15, 0.2) is 0 Å². The molecule has 82 valence electrons. The topological polar surface area (TPSA) is 12.0 Å². The third-order valence-electron chi connectivity index (χ3n) is 3.52. The second-order valence-corrected chi connectivity index (χ2v) is 4.73. The van der Waals surface area contributed by atoms with Crippen molar-refractivity contribution in [1.82, 2.24) is 5.32 Å². The van der Waals surface area contributed by atoms with Crippen molar-refractivity contribution in [3.8, 4) is 0 Å². The van der Waals surface area contributed by atoms with E-state index in [4.69, 9.17) is 0 Å². The lowest BCUT2D eigenvalue weighted by molar-refractivity contribution is 0.279. The molecule has 0 amide bonds. The molecule has 0 bridgehead atoms. The number of benzene rings is 1. The third kappa shape index (κ3) is 3.07. The molecule has 0 heterocycles. The maximum atomic E-state index is 3.69. The second kappa shape index (κ2) is 5.32. The standard InChI is InChI=1S/C14H21N/c1-12-7-5-6-10-14(12)15-11-13-8-3-2-4-9-13/h2-4,8-9,12,14-15H,5-7,10-11H2,1H3/t12-,14-/m1/s1. The van der Waals surface area contributed by atoms with Crippen molar-refractivity contribution in [3.63, 3.8) is 0 Å². The van der Waals surface area contributed by atoms with Gasteiger partial charge in [0.05, 0.1) is 0 Å². The quantitative estimate of drug-likeness (QED) is 0.794. The zero-order valence-corrected chi connectivity index (χ0v) is 9.58. The summed E-state index contributed by atoms with van der Waals surface area (Å²) in [5.41, 5.74) is 1.40. The number of rotatable bonds is 3. The number of hydrogen-bond acceptors (Lipinski definition) is 1. The summed E-state index contributed by atoms with van der Waals surface area (Å²) in [4.78, 5) is 0. The molecule has 0 aromatic heterocycles. The Hall–Kier alpha value is -0.820. The van der Waals surface area contributed by atoms with Gasteiger partial charge in [-0.05, 0) is 24.3 Å². The van der Waals surface area contributed by atoms with Gasteiger partial charge in [0.25, 0.3) is 0 Å². The fourth-order valence-corrected chi connectivity index (χ4v) is 2.46. The van der Waals surface area contributed by atoms with Crippen LogP contribution in [0.1, 0.15) is 38.2 Å². The molecule has 1 N–H and O–H groups in total. The second-order valence-electron chi connectivity index (χ2n) is 4.73. The first-order valence-corrected chi connectivity index (χ1v) is 6.13. The molecule has 2 rings (SSSR count). The minimum Gasteiger partial charge on any atom is -0.310 e. The largest absolute Gasteiger partial charge is 0.310 e. The van der Waals surface area contributed by atoms with E-state index < -0.39 is 0 Å². The Kier molecular flexibility index (Phi) is 3.79. The van der Waals surface area contributed by atoms with Crippen LogP contribution in [0.15, 0.2) is 30.3 Å². The van der Waals surface area contributed by atoms with Crippen molar-refractivity contribution in [2.24, 2.45) is 5.92 Å². The average Bonchev–Trinajstić information content (AvgIpc) is 2.29. The molecule has 1 aromatic rings. The number of hydrogen-bond donors (Lipinski definition) is 1. The lowest BCUT2D eigenvalue weighted by Gasteiger charge is -2.29. The predicted molar refractivity (Wildman–Crippen MR) is 64.7 cm³/mol. The highest BCUT2D eigenvalue weighted by atomic mass is 14.9. The van der Waals surface area contributed by atoms with Gasteiger partial charge < -0.3 is 5.32 Å². The Bertz CT molecular complexity index is 281. The molecule has 0 spiro atoms. The number of nitrogens with one attached hydrogen (secondary N) is 1. The smallest absolute Gasteiger partial charge is 0.0208 e. The van der Waals surface area contributed by atoms with Crippen LogP contribution in [0.2, 0.25) is 0 Å². The third-order valence-corrected chi connectivity index (χ3v) is 3.52. The van der Waals surface area contributed by atoms with Crippen LogP contribution in [-0.4, -0.2) is 6.04 Å². The van der Waals surface area contributed by atoms with Gasteiger partial charge in [0, 0.05) is 12.6 Å². The van der Waals surface area contributed by atoms with Gasteiger partial charge in [-0.15, -0.1) is 0 Å². The molecule has 0 saturated heterocycles. The van der Waals surface area contributed by atoms with Crippen molar-refractivity contribution in [3.05, 3.63) is 35.9 Å². The Balaban J connectivity index is 1.82. The van der Waals surface area contributed by atoms with Crippen LogP contribution in [0.3, 0.4) is 0 Å². The van der Waals surface area contributed by atoms with E-state index in [1.807, 2.05) is 0 Å². The van der Waals surface area contributed by atoms with Gasteiger partial charge in [-0.1, -0.05) is 50.1 Å². The van der Waals surface area contributed by atoms with E-state index in [0.717, 1.165) is 18.5 Å². The molecule has 1 saturated carbocycles. The van der Waals surface area contributed by atoms with E-state index in [-0.39, 0.29) is 0 Å². The summed E-state index contributed by atoms with van der Waals surface area (Å²) in [6, 6.07) is 11.4. The van der Waals surface area contributed by atoms with Crippen LogP contribution in [0.4, 0.5) is 0 Å². The SMILES string of the molecule is C[C@@H]1CCCC[C@H]1NCc1ccccc1. The zero-order valence-electron chi connectivity index (χ0n) is 9.58. The molecule has 1 aliphatic carbocycles. The molecule has 1 aromatic carbocycles. The summed E-state index contributed by atoms with van der Waals surface area (Å²) in [5.74, 6) is 0.850. The van der Waals surface area contributed by atoms with Crippen LogP contribution >= 0.6 is 0 Å². The first-order valence-electron chi connectivity index (χ1n) is 6.13. The maximum absolute atomic E-state index is 3.69. The lowest BCUT2D eigenvalue weighted by atomic mass is 9.86. The van der Waals surface area contributed by atoms with Gasteiger partial charge in [-0.25, -0.2) is 0 Å². The molecule has 0 aliphatic heterocycles. The summed E-state index contributed by atoms with van der Waals surface area (Å²) in [5, 5.41) is 3.69. The first kappa shape index (κ1) is 10.7. The van der Waals surface area contributed by atoms with Gasteiger partial charge in [-0.2, -0.15) is 0 Å². The molecule has 1 aliphatic rings. The zero-order chi connectivity index (χ0) is 10.5. The van der Waals surface area contributed by atoms with Crippen molar-refractivity contribution in [2.45, 2.75) is 45.2 Å². The van der Waals surface area contributed by atoms with Crippen LogP contribution in [0.25, 0.3) is 0 Å². The summed E-state index contributed by atoms with van der Waals surface area (Å²) in [6.07, 6.45) is 5.57. The van der Waals surface area contributed by atoms with Crippen molar-refractivity contribution in [2.75, 3.05) is 0 Å². The molecule has 1 fully saturated rings. The highest BCUT2D eigenvalue weighted by molar-refractivity contribution is 5.14. The normalized spacial score (nSPS) is 26.5. The summed E-state index contributed by atoms with van der Waals surface area (Å²) >= 11 is 0. The molecule has 1 nitrogen and oxygen atoms in total. The Morgan fingerprint density at radius 3 is 2.60 bits per heavy atom. The summed E-state index contributed by atoms with van der Waals surface area (Å²) in [7, 11) is 0. The van der Waals surface area contributed by atoms with Gasteiger partial charge in [0.2, 0.25) is 0 Å². The minimum absolute atomic E-state index is 0.735. The molecule has 0 radical (unpaired) electrons. The fourth-order valence-electron chi connectivity index (χ4n) is 2.46. The molecular weight excluding hydrogens is 182 g/mol. The van der Waals surface area contributed by atoms with Gasteiger partial charge in [0.1, 0.15) is 0 Å². The average molecular weight is 203 g/mol. The monoisotopic (exact) mass is 203 g/mol. The van der Waals surface area contributed by atoms with Crippen LogP contribution in [-0.2, 0) is 6.54 Å². The lowest BCUT2D eigenvalue weighted by Crippen LogP contribution is -2.36. The molecule has 2 atom stereocenters. The summed E-state index contributed by atoms with van der Waals surface area (Å²) < 4.78 is 0. The molecule has 1 heteroatoms. The van der Waals surface area contributed by atoms with E-state index in [1.54, 1.807) is 0 Å². The maximum Gasteiger partial charge on any atom is 0.0208 e. The van der Waals surface area contributed by atoms with E-state index in [1.165, 1.54) is 31.2 Å². The Morgan fingerprint density at radius 1 is 1.13 bits per heavy atom. The van der Waals surface area contributed by atoms with Gasteiger partial charge >= 0.3 is 0 Å². The van der Waals surface area contributed by atoms with E-state index in [0.29, 0.717) is 0 Å². The molecule has 15 heavy (non-hydrogen) atoms. The summed E-state index contributed by atoms with van der Waals surface area (Å²) in [6.45, 7) is 3.40. The predicted octanol–water partition coefficient (Wildman–Crippen LogP) is 3.35. The van der Waals surface area contributed by atoms with Gasteiger partial charge in [-0.3, -0.25) is 0 Å². The molecular formula is C14H21N. The minimum atomic E-state index is 0.735. The van der Waals surface area contributed by atoms with E-state index in [9.17, 15) is 0 Å². The first-order chi connectivity index (χ1) is 7.36. The van der Waals surface area contributed by atoms with Crippen LogP contribution in [0, 0.1) is 5.92 Å². The highest BCUT2D eigenvalue weighted by Gasteiger charge is 2.20. The van der Waals surface area contributed by atoms with Crippen LogP contribution in [0.5, 0.6) is 0 Å². The van der Waals surface area contributed by atoms with Crippen molar-refractivity contribution < 1.29 is 0 Å². The van der Waals surface area contributed by atoms with Crippen LogP contribution < -0.4 is 5.32 Å². The highest BCUT2D eigenvalue weighted by Crippen LogP contribution is 2.23. The fraction of sp³-hybridized carbons (Fsp3) is 0.571. The van der Waals surface area contributed by atoms with Crippen molar-refractivity contribution in [1.29, 1.82) is 0 Å². The van der Waals surface area contributed by atoms with E-state index >= 15 is 0 Å².